The number of nitrogens with zero attached hydrogens (tertiary/aromatic N) is 1. The predicted octanol–water partition coefficient (Wildman–Crippen LogP) is 3.81. The second kappa shape index (κ2) is 9.13. The van der Waals surface area contributed by atoms with Crippen molar-refractivity contribution in [3.63, 3.8) is 0 Å². The molecule has 7 nitrogen and oxygen atoms in total. The Hall–Kier alpha value is -3.33. The van der Waals surface area contributed by atoms with Gasteiger partial charge in [-0.1, -0.05) is 24.3 Å². The zero-order valence-corrected chi connectivity index (χ0v) is 19.7. The number of carbonyl (C=O) groups excluding carboxylic acids is 2. The molecule has 3 N–H and O–H groups in total. The number of carbonyl (C=O) groups is 2. The van der Waals surface area contributed by atoms with Crippen molar-refractivity contribution >= 4 is 56.5 Å². The Morgan fingerprint density at radius 1 is 1.06 bits per heavy atom. The van der Waals surface area contributed by atoms with E-state index in [0.29, 0.717) is 35.4 Å². The maximum atomic E-state index is 13.1. The van der Waals surface area contributed by atoms with E-state index in [1.165, 1.54) is 0 Å². The van der Waals surface area contributed by atoms with Crippen LogP contribution in [0.4, 0.5) is 0 Å². The second-order valence-corrected chi connectivity index (χ2v) is 9.05. The molecule has 2 amide bonds. The van der Waals surface area contributed by atoms with Crippen molar-refractivity contribution in [3.8, 4) is 0 Å². The molecule has 1 unspecified atom stereocenters. The van der Waals surface area contributed by atoms with Crippen LogP contribution in [0.1, 0.15) is 18.1 Å². The summed E-state index contributed by atoms with van der Waals surface area (Å²) < 4.78 is 7.31. The third-order valence-electron chi connectivity index (χ3n) is 6.07. The van der Waals surface area contributed by atoms with Gasteiger partial charge in [0.25, 0.3) is 11.8 Å². The van der Waals surface area contributed by atoms with Crippen LogP contribution in [0.15, 0.2) is 59.8 Å². The molecule has 0 radical (unpaired) electrons. The number of aliphatic hydroxyl groups excluding tert-OH is 1. The number of para-hydroxylation sites is 1. The minimum atomic E-state index is -0.706. The van der Waals surface area contributed by atoms with E-state index in [4.69, 9.17) is 4.74 Å². The van der Waals surface area contributed by atoms with Gasteiger partial charge in [-0.05, 0) is 31.4 Å². The topological polar surface area (TPSA) is 96.3 Å². The lowest BCUT2D eigenvalue weighted by Gasteiger charge is -2.12. The number of fused-ring (bicyclic) bond motifs is 2. The molecule has 0 spiro atoms. The van der Waals surface area contributed by atoms with E-state index in [9.17, 15) is 14.7 Å². The summed E-state index contributed by atoms with van der Waals surface area (Å²) in [4.78, 5) is 30.3. The van der Waals surface area contributed by atoms with Crippen LogP contribution in [0.5, 0.6) is 0 Å². The Morgan fingerprint density at radius 3 is 2.59 bits per heavy atom. The lowest BCUT2D eigenvalue weighted by atomic mass is 9.95. The minimum Gasteiger partial charge on any atom is -0.389 e. The van der Waals surface area contributed by atoms with Gasteiger partial charge in [-0.2, -0.15) is 0 Å². The van der Waals surface area contributed by atoms with Gasteiger partial charge >= 0.3 is 0 Å². The molecule has 34 heavy (non-hydrogen) atoms. The molecule has 174 valence electrons. The van der Waals surface area contributed by atoms with E-state index < -0.39 is 17.9 Å². The first-order chi connectivity index (χ1) is 16.5. The lowest BCUT2D eigenvalue weighted by molar-refractivity contribution is -0.122. The highest BCUT2D eigenvalue weighted by Gasteiger charge is 2.35. The van der Waals surface area contributed by atoms with Gasteiger partial charge in [-0.3, -0.25) is 14.9 Å². The molecule has 0 aliphatic carbocycles. The molecule has 4 aromatic rings. The van der Waals surface area contributed by atoms with Crippen molar-refractivity contribution in [1.29, 1.82) is 0 Å². The number of hydrogen-bond donors (Lipinski definition) is 3. The van der Waals surface area contributed by atoms with E-state index in [1.54, 1.807) is 18.0 Å². The largest absolute Gasteiger partial charge is 0.389 e. The number of H-pyrrole nitrogens is 1. The average Bonchev–Trinajstić information content (AvgIpc) is 3.50. The molecular formula is C26H25N3O4S. The molecule has 1 aliphatic rings. The van der Waals surface area contributed by atoms with Crippen LogP contribution < -0.4 is 5.32 Å². The number of benzene rings is 2. The van der Waals surface area contributed by atoms with Crippen LogP contribution in [-0.4, -0.2) is 52.0 Å². The van der Waals surface area contributed by atoms with Crippen LogP contribution in [0, 0.1) is 0 Å². The SMILES string of the molecule is CCOCC(O)Cn1cc(C2=C(c3c[nH]c4ccccc34)C(=O)NC2=O)c2ccc(SC)cc21. The number of hydrogen-bond acceptors (Lipinski definition) is 5. The fourth-order valence-corrected chi connectivity index (χ4v) is 4.96. The maximum absolute atomic E-state index is 13.1. The van der Waals surface area contributed by atoms with Crippen molar-refractivity contribution in [3.05, 3.63) is 66.0 Å². The Morgan fingerprint density at radius 2 is 1.82 bits per heavy atom. The van der Waals surface area contributed by atoms with Gasteiger partial charge in [-0.25, -0.2) is 0 Å². The summed E-state index contributed by atoms with van der Waals surface area (Å²) in [5.41, 5.74) is 3.82. The fourth-order valence-electron chi connectivity index (χ4n) is 4.53. The summed E-state index contributed by atoms with van der Waals surface area (Å²) in [6.07, 6.45) is 4.92. The zero-order valence-electron chi connectivity index (χ0n) is 18.9. The van der Waals surface area contributed by atoms with Crippen LogP contribution >= 0.6 is 11.8 Å². The third-order valence-corrected chi connectivity index (χ3v) is 6.80. The van der Waals surface area contributed by atoms with Crippen LogP contribution in [-0.2, 0) is 20.9 Å². The van der Waals surface area contributed by atoms with Gasteiger partial charge in [0.05, 0.1) is 30.4 Å². The van der Waals surface area contributed by atoms with Crippen molar-refractivity contribution in [2.45, 2.75) is 24.5 Å². The molecule has 0 saturated carbocycles. The molecule has 1 atom stereocenters. The third kappa shape index (κ3) is 3.83. The summed E-state index contributed by atoms with van der Waals surface area (Å²) in [6, 6.07) is 13.7. The summed E-state index contributed by atoms with van der Waals surface area (Å²) in [5, 5.41) is 14.7. The fraction of sp³-hybridized carbons (Fsp3) is 0.231. The summed E-state index contributed by atoms with van der Waals surface area (Å²) in [6.45, 7) is 2.93. The standard InChI is InChI=1S/C26H25N3O4S/c1-3-33-14-15(30)12-29-13-20(18-9-8-16(34-2)10-22(18)29)24-23(25(31)28-26(24)32)19-11-27-21-7-5-4-6-17(19)21/h4-11,13,15,27,30H,3,12,14H2,1-2H3,(H,28,31,32). The van der Waals surface area contributed by atoms with Crippen LogP contribution in [0.2, 0.25) is 0 Å². The minimum absolute atomic E-state index is 0.218. The molecule has 3 heterocycles. The average molecular weight is 476 g/mol. The summed E-state index contributed by atoms with van der Waals surface area (Å²) in [5.74, 6) is -0.837. The highest BCUT2D eigenvalue weighted by Crippen LogP contribution is 2.39. The number of aliphatic hydroxyl groups is 1. The van der Waals surface area contributed by atoms with Gasteiger partial charge in [0.2, 0.25) is 0 Å². The lowest BCUT2D eigenvalue weighted by Crippen LogP contribution is -2.22. The number of rotatable bonds is 8. The summed E-state index contributed by atoms with van der Waals surface area (Å²) in [7, 11) is 0. The Bertz CT molecular complexity index is 1450. The molecule has 0 bridgehead atoms. The Kier molecular flexibility index (Phi) is 6.03. The Labute approximate surface area is 200 Å². The van der Waals surface area contributed by atoms with Crippen molar-refractivity contribution < 1.29 is 19.4 Å². The predicted molar refractivity (Wildman–Crippen MR) is 134 cm³/mol. The Balaban J connectivity index is 1.71. The number of imide groups is 1. The number of aromatic nitrogens is 2. The van der Waals surface area contributed by atoms with Crippen LogP contribution in [0.3, 0.4) is 0 Å². The monoisotopic (exact) mass is 475 g/mol. The van der Waals surface area contributed by atoms with Crippen molar-refractivity contribution in [2.75, 3.05) is 19.5 Å². The first-order valence-electron chi connectivity index (χ1n) is 11.1. The zero-order chi connectivity index (χ0) is 23.8. The number of nitrogens with one attached hydrogen (secondary N) is 2. The molecule has 5 rings (SSSR count). The van der Waals surface area contributed by atoms with Gasteiger partial charge in [0, 0.05) is 56.8 Å². The van der Waals surface area contributed by atoms with Gasteiger partial charge in [0.15, 0.2) is 0 Å². The maximum Gasteiger partial charge on any atom is 0.259 e. The quantitative estimate of drug-likeness (QED) is 0.266. The number of aromatic amines is 1. The molecule has 0 saturated heterocycles. The van der Waals surface area contributed by atoms with Crippen molar-refractivity contribution in [2.24, 2.45) is 0 Å². The molecule has 8 heteroatoms. The van der Waals surface area contributed by atoms with Gasteiger partial charge in [-0.15, -0.1) is 11.8 Å². The van der Waals surface area contributed by atoms with Gasteiger partial charge in [0.1, 0.15) is 0 Å². The molecule has 2 aromatic carbocycles. The van der Waals surface area contributed by atoms with E-state index in [-0.39, 0.29) is 6.61 Å². The molecule has 1 aliphatic heterocycles. The van der Waals surface area contributed by atoms with E-state index in [1.807, 2.05) is 66.4 Å². The first-order valence-corrected chi connectivity index (χ1v) is 12.3. The second-order valence-electron chi connectivity index (χ2n) is 8.17. The highest BCUT2D eigenvalue weighted by molar-refractivity contribution is 7.98. The summed E-state index contributed by atoms with van der Waals surface area (Å²) >= 11 is 1.62. The molecular weight excluding hydrogens is 450 g/mol. The number of ether oxygens (including phenoxy) is 1. The van der Waals surface area contributed by atoms with Crippen LogP contribution in [0.25, 0.3) is 33.0 Å². The highest BCUT2D eigenvalue weighted by atomic mass is 32.2. The van der Waals surface area contributed by atoms with E-state index in [2.05, 4.69) is 10.3 Å². The smallest absolute Gasteiger partial charge is 0.259 e. The van der Waals surface area contributed by atoms with Gasteiger partial charge < -0.3 is 19.4 Å². The van der Waals surface area contributed by atoms with Crippen molar-refractivity contribution in [1.82, 2.24) is 14.9 Å². The number of amides is 2. The first kappa shape index (κ1) is 22.5. The number of thioether (sulfide) groups is 1. The molecule has 2 aromatic heterocycles. The molecule has 0 fully saturated rings. The van der Waals surface area contributed by atoms with E-state index >= 15 is 0 Å². The van der Waals surface area contributed by atoms with E-state index in [0.717, 1.165) is 26.7 Å². The normalized spacial score (nSPS) is 15.0.